The second-order valence-electron chi connectivity index (χ2n) is 7.35. The third-order valence-electron chi connectivity index (χ3n) is 5.80. The van der Waals surface area contributed by atoms with Crippen molar-refractivity contribution in [3.63, 3.8) is 0 Å². The van der Waals surface area contributed by atoms with Crippen LogP contribution >= 0.6 is 11.8 Å². The lowest BCUT2D eigenvalue weighted by Crippen LogP contribution is -2.57. The average molecular weight is 308 g/mol. The molecule has 4 unspecified atom stereocenters. The van der Waals surface area contributed by atoms with E-state index < -0.39 is 5.54 Å². The molecule has 4 atom stereocenters. The van der Waals surface area contributed by atoms with E-state index in [1.165, 1.54) is 30.6 Å². The summed E-state index contributed by atoms with van der Waals surface area (Å²) in [6.45, 7) is 4.32. The quantitative estimate of drug-likeness (QED) is 0.841. The van der Waals surface area contributed by atoms with Crippen LogP contribution in [-0.4, -0.2) is 40.9 Å². The summed E-state index contributed by atoms with van der Waals surface area (Å²) < 4.78 is 0. The maximum atomic E-state index is 6.56. The molecule has 2 fully saturated rings. The highest BCUT2D eigenvalue weighted by Gasteiger charge is 2.40. The molecule has 0 aromatic carbocycles. The van der Waals surface area contributed by atoms with Gasteiger partial charge in [0.05, 0.1) is 5.54 Å². The monoisotopic (exact) mass is 307 g/mol. The van der Waals surface area contributed by atoms with Gasteiger partial charge in [0.1, 0.15) is 0 Å². The van der Waals surface area contributed by atoms with Gasteiger partial charge in [-0.2, -0.15) is 0 Å². The summed E-state index contributed by atoms with van der Waals surface area (Å²) >= 11 is 2.02. The number of fused-ring (bicyclic) bond motifs is 2. The SMILES string of the molecule is CC(C)C1(N)C=C(SC2CC3CCC(C2)N3C)C=CC1N. The number of hydrogen-bond donors (Lipinski definition) is 2. The van der Waals surface area contributed by atoms with Crippen molar-refractivity contribution in [2.24, 2.45) is 17.4 Å². The van der Waals surface area contributed by atoms with Crippen molar-refractivity contribution >= 4 is 11.8 Å². The second kappa shape index (κ2) is 5.73. The first-order valence-corrected chi connectivity index (χ1v) is 9.12. The molecule has 4 heteroatoms. The van der Waals surface area contributed by atoms with Crippen LogP contribution in [0.4, 0.5) is 0 Å². The van der Waals surface area contributed by atoms with Gasteiger partial charge < -0.3 is 16.4 Å². The summed E-state index contributed by atoms with van der Waals surface area (Å²) in [5.74, 6) is 0.349. The van der Waals surface area contributed by atoms with Crippen molar-refractivity contribution in [2.75, 3.05) is 7.05 Å². The Labute approximate surface area is 133 Å². The van der Waals surface area contributed by atoms with Gasteiger partial charge in [0.15, 0.2) is 0 Å². The van der Waals surface area contributed by atoms with E-state index >= 15 is 0 Å². The molecule has 3 rings (SSSR count). The number of allylic oxidation sites excluding steroid dienone is 1. The number of nitrogens with zero attached hydrogens (tertiary/aromatic N) is 1. The van der Waals surface area contributed by atoms with Crippen LogP contribution in [0, 0.1) is 5.92 Å². The molecule has 0 radical (unpaired) electrons. The van der Waals surface area contributed by atoms with Gasteiger partial charge in [0, 0.05) is 28.3 Å². The van der Waals surface area contributed by atoms with E-state index in [9.17, 15) is 0 Å². The molecule has 21 heavy (non-hydrogen) atoms. The lowest BCUT2D eigenvalue weighted by atomic mass is 9.78. The molecule has 3 aliphatic rings. The summed E-state index contributed by atoms with van der Waals surface area (Å²) in [4.78, 5) is 3.92. The number of piperidine rings is 1. The Morgan fingerprint density at radius 3 is 2.48 bits per heavy atom. The molecule has 0 saturated carbocycles. The maximum absolute atomic E-state index is 6.56. The molecule has 0 amide bonds. The predicted molar refractivity (Wildman–Crippen MR) is 92.1 cm³/mol. The predicted octanol–water partition coefficient (Wildman–Crippen LogP) is 2.48. The van der Waals surface area contributed by atoms with Crippen molar-refractivity contribution < 1.29 is 0 Å². The minimum Gasteiger partial charge on any atom is -0.323 e. The molecule has 4 N–H and O–H groups in total. The first-order chi connectivity index (χ1) is 9.90. The second-order valence-corrected chi connectivity index (χ2v) is 8.72. The molecule has 1 aliphatic carbocycles. The van der Waals surface area contributed by atoms with E-state index in [1.54, 1.807) is 0 Å². The van der Waals surface area contributed by atoms with Gasteiger partial charge in [-0.1, -0.05) is 26.0 Å². The summed E-state index contributed by atoms with van der Waals surface area (Å²) in [5.41, 5.74) is 12.4. The molecule has 2 bridgehead atoms. The van der Waals surface area contributed by atoms with Crippen LogP contribution in [0.2, 0.25) is 0 Å². The first-order valence-electron chi connectivity index (χ1n) is 8.24. The van der Waals surface area contributed by atoms with Crippen LogP contribution in [-0.2, 0) is 0 Å². The number of hydrogen-bond acceptors (Lipinski definition) is 4. The smallest absolute Gasteiger partial charge is 0.0566 e. The Morgan fingerprint density at radius 1 is 1.29 bits per heavy atom. The first kappa shape index (κ1) is 15.6. The van der Waals surface area contributed by atoms with Crippen molar-refractivity contribution in [1.29, 1.82) is 0 Å². The van der Waals surface area contributed by atoms with Crippen molar-refractivity contribution in [2.45, 2.75) is 68.4 Å². The third kappa shape index (κ3) is 2.83. The highest BCUT2D eigenvalue weighted by atomic mass is 32.2. The van der Waals surface area contributed by atoms with Gasteiger partial charge in [-0.15, -0.1) is 11.8 Å². The zero-order valence-electron chi connectivity index (χ0n) is 13.5. The molecule has 0 spiro atoms. The van der Waals surface area contributed by atoms with E-state index in [1.807, 2.05) is 11.8 Å². The van der Waals surface area contributed by atoms with Gasteiger partial charge in [-0.05, 0) is 44.7 Å². The largest absolute Gasteiger partial charge is 0.323 e. The van der Waals surface area contributed by atoms with E-state index in [-0.39, 0.29) is 6.04 Å². The fraction of sp³-hybridized carbons (Fsp3) is 0.765. The Hall–Kier alpha value is -0.290. The zero-order chi connectivity index (χ0) is 15.2. The van der Waals surface area contributed by atoms with Crippen LogP contribution in [0.15, 0.2) is 23.1 Å². The molecule has 2 heterocycles. The fourth-order valence-corrected chi connectivity index (χ4v) is 5.48. The molecule has 0 aromatic heterocycles. The van der Waals surface area contributed by atoms with Gasteiger partial charge in [0.2, 0.25) is 0 Å². The Bertz CT molecular complexity index is 445. The topological polar surface area (TPSA) is 55.3 Å². The van der Waals surface area contributed by atoms with Crippen molar-refractivity contribution in [1.82, 2.24) is 4.90 Å². The van der Waals surface area contributed by atoms with Gasteiger partial charge in [-0.25, -0.2) is 0 Å². The maximum Gasteiger partial charge on any atom is 0.0566 e. The van der Waals surface area contributed by atoms with E-state index in [0.29, 0.717) is 5.92 Å². The van der Waals surface area contributed by atoms with Crippen LogP contribution in [0.5, 0.6) is 0 Å². The number of thioether (sulfide) groups is 1. The molecular weight excluding hydrogens is 278 g/mol. The Kier molecular flexibility index (Phi) is 4.25. The van der Waals surface area contributed by atoms with Crippen LogP contribution in [0.1, 0.15) is 39.5 Å². The van der Waals surface area contributed by atoms with Crippen LogP contribution in [0.25, 0.3) is 0 Å². The Balaban J connectivity index is 1.70. The zero-order valence-corrected chi connectivity index (χ0v) is 14.3. The Morgan fingerprint density at radius 2 is 1.90 bits per heavy atom. The number of nitrogens with two attached hydrogens (primary N) is 2. The van der Waals surface area contributed by atoms with Crippen LogP contribution < -0.4 is 11.5 Å². The van der Waals surface area contributed by atoms with Crippen molar-refractivity contribution in [3.8, 4) is 0 Å². The molecule has 118 valence electrons. The summed E-state index contributed by atoms with van der Waals surface area (Å²) in [6, 6.07) is 1.52. The van der Waals surface area contributed by atoms with E-state index in [4.69, 9.17) is 11.5 Å². The molecule has 2 saturated heterocycles. The normalized spacial score (nSPS) is 43.4. The lowest BCUT2D eigenvalue weighted by Gasteiger charge is -2.39. The summed E-state index contributed by atoms with van der Waals surface area (Å²) in [7, 11) is 2.30. The molecule has 2 aliphatic heterocycles. The van der Waals surface area contributed by atoms with E-state index in [2.05, 4.69) is 44.0 Å². The highest BCUT2D eigenvalue weighted by molar-refractivity contribution is 8.03. The van der Waals surface area contributed by atoms with E-state index in [0.717, 1.165) is 17.3 Å². The minimum atomic E-state index is -0.401. The van der Waals surface area contributed by atoms with Crippen LogP contribution in [0.3, 0.4) is 0 Å². The molecular formula is C17H29N3S. The molecule has 3 nitrogen and oxygen atoms in total. The van der Waals surface area contributed by atoms with Crippen molar-refractivity contribution in [3.05, 3.63) is 23.1 Å². The highest BCUT2D eigenvalue weighted by Crippen LogP contribution is 2.42. The average Bonchev–Trinajstić information content (AvgIpc) is 2.64. The van der Waals surface area contributed by atoms with Gasteiger partial charge in [0.25, 0.3) is 0 Å². The standard InChI is InChI=1S/C17H29N3S/c1-11(2)17(19)10-14(6-7-16(17)18)21-15-8-12-4-5-13(9-15)20(12)3/h6-7,10-13,15-16H,4-5,8-9,18-19H2,1-3H3. The van der Waals surface area contributed by atoms with Gasteiger partial charge >= 0.3 is 0 Å². The number of rotatable bonds is 3. The minimum absolute atomic E-state index is 0.0736. The fourth-order valence-electron chi connectivity index (χ4n) is 4.03. The lowest BCUT2D eigenvalue weighted by molar-refractivity contribution is 0.183. The third-order valence-corrected chi connectivity index (χ3v) is 7.04. The van der Waals surface area contributed by atoms with Gasteiger partial charge in [-0.3, -0.25) is 0 Å². The summed E-state index contributed by atoms with van der Waals surface area (Å²) in [5, 5.41) is 0.736. The molecule has 0 aromatic rings. The summed E-state index contributed by atoms with van der Waals surface area (Å²) in [6.07, 6.45) is 11.9.